The van der Waals surface area contributed by atoms with Gasteiger partial charge in [-0.15, -0.1) is 0 Å². The highest BCUT2D eigenvalue weighted by Crippen LogP contribution is 2.20. The fraction of sp³-hybridized carbons (Fsp3) is 0.269. The summed E-state index contributed by atoms with van der Waals surface area (Å²) in [4.78, 5) is 25.9. The molecular weight excluding hydrogens is 400 g/mol. The van der Waals surface area contributed by atoms with Crippen LogP contribution in [0.4, 0.5) is 5.82 Å². The summed E-state index contributed by atoms with van der Waals surface area (Å²) in [5, 5.41) is 0. The zero-order valence-corrected chi connectivity index (χ0v) is 18.5. The molecule has 0 unspecified atom stereocenters. The quantitative estimate of drug-likeness (QED) is 0.548. The first-order valence-electron chi connectivity index (χ1n) is 11.0. The van der Waals surface area contributed by atoms with Gasteiger partial charge in [0.25, 0.3) is 0 Å². The van der Waals surface area contributed by atoms with E-state index in [2.05, 4.69) is 9.88 Å². The molecule has 1 aliphatic heterocycles. The van der Waals surface area contributed by atoms with E-state index in [0.29, 0.717) is 18.9 Å². The Morgan fingerprint density at radius 3 is 2.53 bits per heavy atom. The van der Waals surface area contributed by atoms with Gasteiger partial charge < -0.3 is 14.5 Å². The highest BCUT2D eigenvalue weighted by Gasteiger charge is 2.21. The molecule has 0 N–H and O–H groups in total. The van der Waals surface area contributed by atoms with E-state index in [1.165, 1.54) is 0 Å². The van der Waals surface area contributed by atoms with E-state index in [-0.39, 0.29) is 12.0 Å². The first-order chi connectivity index (χ1) is 15.6. The monoisotopic (exact) mass is 428 g/mol. The topological polar surface area (TPSA) is 58.6 Å². The van der Waals surface area contributed by atoms with Crippen molar-refractivity contribution in [2.75, 3.05) is 31.1 Å². The van der Waals surface area contributed by atoms with Crippen LogP contribution in [0.2, 0.25) is 0 Å². The first-order valence-corrected chi connectivity index (χ1v) is 11.0. The van der Waals surface area contributed by atoms with Gasteiger partial charge >= 0.3 is 0 Å². The number of benzene rings is 2. The molecule has 2 heterocycles. The second-order valence-corrected chi connectivity index (χ2v) is 7.99. The molecule has 0 radical (unpaired) electrons. The van der Waals surface area contributed by atoms with Crippen LogP contribution in [-0.4, -0.2) is 53.1 Å². The molecule has 1 saturated heterocycles. The summed E-state index contributed by atoms with van der Waals surface area (Å²) in [6.07, 6.45) is 5.40. The Labute approximate surface area is 189 Å². The van der Waals surface area contributed by atoms with Gasteiger partial charge in [0, 0.05) is 44.0 Å². The van der Waals surface area contributed by atoms with Crippen molar-refractivity contribution in [1.82, 2.24) is 14.9 Å². The van der Waals surface area contributed by atoms with E-state index in [9.17, 15) is 4.79 Å². The standard InChI is InChI=1S/C26H28N4O2/c1-20(2)32-23-10-6-7-21(19-23)11-12-25(31)30-17-15-29(16-18-30)24-13-14-27-26(28-24)22-8-4-3-5-9-22/h3-14,19-20H,15-18H2,1-2H3/b12-11+. The number of nitrogens with zero attached hydrogens (tertiary/aromatic N) is 4. The van der Waals surface area contributed by atoms with Crippen molar-refractivity contribution in [3.8, 4) is 17.1 Å². The van der Waals surface area contributed by atoms with E-state index in [4.69, 9.17) is 9.72 Å². The van der Waals surface area contributed by atoms with E-state index in [1.54, 1.807) is 12.3 Å². The van der Waals surface area contributed by atoms with Gasteiger partial charge in [0.1, 0.15) is 11.6 Å². The third-order valence-electron chi connectivity index (χ3n) is 5.24. The van der Waals surface area contributed by atoms with E-state index < -0.39 is 0 Å². The van der Waals surface area contributed by atoms with E-state index in [1.807, 2.05) is 85.5 Å². The zero-order valence-electron chi connectivity index (χ0n) is 18.5. The molecule has 0 atom stereocenters. The van der Waals surface area contributed by atoms with Crippen molar-refractivity contribution in [2.45, 2.75) is 20.0 Å². The molecule has 0 saturated carbocycles. The summed E-state index contributed by atoms with van der Waals surface area (Å²) in [5.41, 5.74) is 1.95. The van der Waals surface area contributed by atoms with Crippen LogP contribution in [0, 0.1) is 0 Å². The summed E-state index contributed by atoms with van der Waals surface area (Å²) in [5.74, 6) is 2.44. The summed E-state index contributed by atoms with van der Waals surface area (Å²) < 4.78 is 5.72. The molecule has 3 aromatic rings. The van der Waals surface area contributed by atoms with Gasteiger partial charge in [0.05, 0.1) is 6.10 Å². The largest absolute Gasteiger partial charge is 0.491 e. The molecule has 6 heteroatoms. The molecular formula is C26H28N4O2. The van der Waals surface area contributed by atoms with Crippen molar-refractivity contribution in [1.29, 1.82) is 0 Å². The lowest BCUT2D eigenvalue weighted by molar-refractivity contribution is -0.126. The van der Waals surface area contributed by atoms with Gasteiger partial charge in [-0.3, -0.25) is 4.79 Å². The third-order valence-corrected chi connectivity index (χ3v) is 5.24. The van der Waals surface area contributed by atoms with Crippen molar-refractivity contribution in [2.24, 2.45) is 0 Å². The minimum atomic E-state index is 0.0208. The number of rotatable bonds is 6. The van der Waals surface area contributed by atoms with Crippen LogP contribution in [0.1, 0.15) is 19.4 Å². The van der Waals surface area contributed by atoms with Crippen LogP contribution < -0.4 is 9.64 Å². The minimum Gasteiger partial charge on any atom is -0.491 e. The molecule has 1 aromatic heterocycles. The van der Waals surface area contributed by atoms with E-state index in [0.717, 1.165) is 35.8 Å². The van der Waals surface area contributed by atoms with Gasteiger partial charge in [-0.05, 0) is 43.7 Å². The number of anilines is 1. The number of hydrogen-bond donors (Lipinski definition) is 0. The smallest absolute Gasteiger partial charge is 0.246 e. The molecule has 0 spiro atoms. The van der Waals surface area contributed by atoms with E-state index >= 15 is 0 Å². The predicted octanol–water partition coefficient (Wildman–Crippen LogP) is 4.29. The predicted molar refractivity (Wildman–Crippen MR) is 128 cm³/mol. The Morgan fingerprint density at radius 1 is 1.00 bits per heavy atom. The SMILES string of the molecule is CC(C)Oc1cccc(/C=C/C(=O)N2CCN(c3ccnc(-c4ccccc4)n3)CC2)c1. The van der Waals surface area contributed by atoms with Crippen LogP contribution in [-0.2, 0) is 4.79 Å². The number of carbonyl (C=O) groups is 1. The summed E-state index contributed by atoms with van der Waals surface area (Å²) in [6.45, 7) is 6.78. The van der Waals surface area contributed by atoms with Crippen molar-refractivity contribution < 1.29 is 9.53 Å². The summed E-state index contributed by atoms with van der Waals surface area (Å²) >= 11 is 0. The molecule has 0 aliphatic carbocycles. The van der Waals surface area contributed by atoms with Gasteiger partial charge in [0.2, 0.25) is 5.91 Å². The lowest BCUT2D eigenvalue weighted by Gasteiger charge is -2.35. The molecule has 164 valence electrons. The Bertz CT molecular complexity index is 1070. The maximum absolute atomic E-state index is 12.7. The maximum Gasteiger partial charge on any atom is 0.246 e. The average Bonchev–Trinajstić information content (AvgIpc) is 2.83. The zero-order chi connectivity index (χ0) is 22.3. The first kappa shape index (κ1) is 21.6. The van der Waals surface area contributed by atoms with Crippen molar-refractivity contribution in [3.63, 3.8) is 0 Å². The maximum atomic E-state index is 12.7. The van der Waals surface area contributed by atoms with Gasteiger partial charge in [-0.1, -0.05) is 42.5 Å². The van der Waals surface area contributed by atoms with Crippen LogP contribution in [0.15, 0.2) is 72.9 Å². The molecule has 32 heavy (non-hydrogen) atoms. The normalized spacial score (nSPS) is 14.2. The molecule has 1 amide bonds. The number of ether oxygens (including phenoxy) is 1. The average molecular weight is 429 g/mol. The molecule has 4 rings (SSSR count). The molecule has 0 bridgehead atoms. The lowest BCUT2D eigenvalue weighted by atomic mass is 10.2. The van der Waals surface area contributed by atoms with Crippen molar-refractivity contribution in [3.05, 3.63) is 78.5 Å². The second-order valence-electron chi connectivity index (χ2n) is 7.99. The lowest BCUT2D eigenvalue weighted by Crippen LogP contribution is -2.48. The fourth-order valence-electron chi connectivity index (χ4n) is 3.64. The Balaban J connectivity index is 1.35. The van der Waals surface area contributed by atoms with Crippen LogP contribution in [0.25, 0.3) is 17.5 Å². The number of carbonyl (C=O) groups excluding carboxylic acids is 1. The second kappa shape index (κ2) is 10.1. The number of amides is 1. The number of aromatic nitrogens is 2. The fourth-order valence-corrected chi connectivity index (χ4v) is 3.64. The van der Waals surface area contributed by atoms with Crippen LogP contribution in [0.3, 0.4) is 0 Å². The van der Waals surface area contributed by atoms with Crippen molar-refractivity contribution >= 4 is 17.8 Å². The Kier molecular flexibility index (Phi) is 6.80. The number of piperazine rings is 1. The van der Waals surface area contributed by atoms with Gasteiger partial charge in [-0.2, -0.15) is 0 Å². The number of hydrogen-bond acceptors (Lipinski definition) is 5. The molecule has 1 fully saturated rings. The van der Waals surface area contributed by atoms with Gasteiger partial charge in [-0.25, -0.2) is 9.97 Å². The summed E-state index contributed by atoms with van der Waals surface area (Å²) in [6, 6.07) is 19.7. The minimum absolute atomic E-state index is 0.0208. The molecule has 2 aromatic carbocycles. The Morgan fingerprint density at radius 2 is 1.78 bits per heavy atom. The van der Waals surface area contributed by atoms with Crippen LogP contribution >= 0.6 is 0 Å². The highest BCUT2D eigenvalue weighted by molar-refractivity contribution is 5.92. The van der Waals surface area contributed by atoms with Crippen LogP contribution in [0.5, 0.6) is 5.75 Å². The molecule has 6 nitrogen and oxygen atoms in total. The Hall–Kier alpha value is -3.67. The third kappa shape index (κ3) is 5.52. The highest BCUT2D eigenvalue weighted by atomic mass is 16.5. The van der Waals surface area contributed by atoms with Gasteiger partial charge in [0.15, 0.2) is 5.82 Å². The summed E-state index contributed by atoms with van der Waals surface area (Å²) in [7, 11) is 0. The molecule has 1 aliphatic rings.